The molecule has 3 nitrogen and oxygen atoms in total. The molecule has 22 heavy (non-hydrogen) atoms. The largest absolute Gasteiger partial charge is 0.393 e. The highest BCUT2D eigenvalue weighted by Crippen LogP contribution is 2.66. The maximum atomic E-state index is 10.5. The lowest BCUT2D eigenvalue weighted by Gasteiger charge is -2.60. The lowest BCUT2D eigenvalue weighted by atomic mass is 9.45. The van der Waals surface area contributed by atoms with Gasteiger partial charge in [-0.25, -0.2) is 0 Å². The zero-order chi connectivity index (χ0) is 15.7. The molecule has 4 aliphatic rings. The van der Waals surface area contributed by atoms with Gasteiger partial charge in [0.25, 0.3) is 0 Å². The van der Waals surface area contributed by atoms with Gasteiger partial charge in [0.2, 0.25) is 0 Å². The average Bonchev–Trinajstić information content (AvgIpc) is 2.72. The summed E-state index contributed by atoms with van der Waals surface area (Å²) in [4.78, 5) is 0. The molecule has 0 aromatic heterocycles. The van der Waals surface area contributed by atoms with Crippen molar-refractivity contribution in [2.24, 2.45) is 34.5 Å². The van der Waals surface area contributed by atoms with Crippen LogP contribution in [0.3, 0.4) is 0 Å². The highest BCUT2D eigenvalue weighted by atomic mass is 16.3. The summed E-state index contributed by atoms with van der Waals surface area (Å²) in [6, 6.07) is 0. The molecular weight excluding hydrogens is 276 g/mol. The number of hydrogen-bond donors (Lipinski definition) is 3. The van der Waals surface area contributed by atoms with Crippen molar-refractivity contribution in [2.75, 3.05) is 0 Å². The van der Waals surface area contributed by atoms with Gasteiger partial charge in [-0.2, -0.15) is 0 Å². The second kappa shape index (κ2) is 4.94. The highest BCUT2D eigenvalue weighted by molar-refractivity contribution is 5.11. The minimum atomic E-state index is -0.530. The Morgan fingerprint density at radius 3 is 2.27 bits per heavy atom. The van der Waals surface area contributed by atoms with Crippen LogP contribution in [0.4, 0.5) is 0 Å². The molecule has 4 fully saturated rings. The van der Waals surface area contributed by atoms with Crippen molar-refractivity contribution >= 4 is 0 Å². The number of hydrogen-bond acceptors (Lipinski definition) is 3. The van der Waals surface area contributed by atoms with Crippen LogP contribution >= 0.6 is 0 Å². The van der Waals surface area contributed by atoms with Crippen LogP contribution in [-0.2, 0) is 0 Å². The number of aliphatic hydroxyl groups excluding tert-OH is 3. The molecule has 0 saturated heterocycles. The summed E-state index contributed by atoms with van der Waals surface area (Å²) >= 11 is 0. The first-order chi connectivity index (χ1) is 10.4. The van der Waals surface area contributed by atoms with Gasteiger partial charge < -0.3 is 15.3 Å². The second-order valence-corrected chi connectivity index (χ2v) is 9.38. The van der Waals surface area contributed by atoms with Crippen molar-refractivity contribution < 1.29 is 15.3 Å². The second-order valence-electron chi connectivity index (χ2n) is 9.38. The SMILES string of the molecule is C[C@]12CC[C@@H](O)C[C@H]1CC[C@@H]1[C@@H]2CC[C@]2(C)[C@@H](O)[C@@H](O)C[C@@H]12. The van der Waals surface area contributed by atoms with Crippen molar-refractivity contribution in [2.45, 2.75) is 83.5 Å². The molecule has 0 aliphatic heterocycles. The standard InChI is InChI=1S/C19H32O3/c1-18-7-5-12(20)9-11(18)3-4-13-14(18)6-8-19(2)15(13)10-16(21)17(19)22/h11-17,20-22H,3-10H2,1-2H3/t11-,12-,13-,14+,15+,16+,17+,18+,19+/m1/s1. The van der Waals surface area contributed by atoms with Crippen LogP contribution in [0, 0.1) is 34.5 Å². The van der Waals surface area contributed by atoms with Crippen molar-refractivity contribution in [3.63, 3.8) is 0 Å². The molecule has 4 rings (SSSR count). The van der Waals surface area contributed by atoms with Crippen LogP contribution < -0.4 is 0 Å². The van der Waals surface area contributed by atoms with E-state index in [1.807, 2.05) is 0 Å². The van der Waals surface area contributed by atoms with E-state index < -0.39 is 12.2 Å². The smallest absolute Gasteiger partial charge is 0.0855 e. The zero-order valence-electron chi connectivity index (χ0n) is 14.0. The molecule has 4 aliphatic carbocycles. The summed E-state index contributed by atoms with van der Waals surface area (Å²) in [7, 11) is 0. The minimum absolute atomic E-state index is 0.0715. The molecule has 0 amide bonds. The van der Waals surface area contributed by atoms with Crippen molar-refractivity contribution in [3.8, 4) is 0 Å². The van der Waals surface area contributed by atoms with Gasteiger partial charge in [-0.3, -0.25) is 0 Å². The number of fused-ring (bicyclic) bond motifs is 5. The van der Waals surface area contributed by atoms with Crippen molar-refractivity contribution in [3.05, 3.63) is 0 Å². The first kappa shape index (κ1) is 15.4. The van der Waals surface area contributed by atoms with Crippen LogP contribution in [0.15, 0.2) is 0 Å². The van der Waals surface area contributed by atoms with Gasteiger partial charge in [0.05, 0.1) is 18.3 Å². The van der Waals surface area contributed by atoms with Crippen LogP contribution in [0.2, 0.25) is 0 Å². The van der Waals surface area contributed by atoms with Gasteiger partial charge in [0, 0.05) is 0 Å². The van der Waals surface area contributed by atoms with Crippen molar-refractivity contribution in [1.29, 1.82) is 0 Å². The Kier molecular flexibility index (Phi) is 3.46. The summed E-state index contributed by atoms with van der Waals surface area (Å²) in [5.41, 5.74) is 0.305. The summed E-state index contributed by atoms with van der Waals surface area (Å²) in [6.45, 7) is 4.69. The predicted molar refractivity (Wildman–Crippen MR) is 85.1 cm³/mol. The van der Waals surface area contributed by atoms with Gasteiger partial charge in [-0.1, -0.05) is 13.8 Å². The molecule has 126 valence electrons. The minimum Gasteiger partial charge on any atom is -0.393 e. The van der Waals surface area contributed by atoms with E-state index >= 15 is 0 Å². The van der Waals surface area contributed by atoms with E-state index in [2.05, 4.69) is 13.8 Å². The molecule has 0 bridgehead atoms. The highest BCUT2D eigenvalue weighted by Gasteiger charge is 2.61. The van der Waals surface area contributed by atoms with Gasteiger partial charge in [-0.15, -0.1) is 0 Å². The molecule has 4 saturated carbocycles. The van der Waals surface area contributed by atoms with Gasteiger partial charge in [0.1, 0.15) is 0 Å². The van der Waals surface area contributed by atoms with Crippen LogP contribution in [-0.4, -0.2) is 33.6 Å². The van der Waals surface area contributed by atoms with Crippen LogP contribution in [0.5, 0.6) is 0 Å². The molecule has 0 spiro atoms. The van der Waals surface area contributed by atoms with Gasteiger partial charge in [0.15, 0.2) is 0 Å². The fraction of sp³-hybridized carbons (Fsp3) is 1.00. The molecule has 0 heterocycles. The van der Waals surface area contributed by atoms with Gasteiger partial charge >= 0.3 is 0 Å². The van der Waals surface area contributed by atoms with Gasteiger partial charge in [-0.05, 0) is 85.9 Å². The molecule has 9 atom stereocenters. The molecule has 0 aromatic rings. The Bertz CT molecular complexity index is 452. The first-order valence-corrected chi connectivity index (χ1v) is 9.40. The van der Waals surface area contributed by atoms with Crippen molar-refractivity contribution in [1.82, 2.24) is 0 Å². The topological polar surface area (TPSA) is 60.7 Å². The fourth-order valence-electron chi connectivity index (χ4n) is 7.22. The summed E-state index contributed by atoms with van der Waals surface area (Å²) in [5.74, 6) is 2.57. The monoisotopic (exact) mass is 308 g/mol. The average molecular weight is 308 g/mol. The van der Waals surface area contributed by atoms with E-state index in [0.29, 0.717) is 23.2 Å². The quantitative estimate of drug-likeness (QED) is 0.645. The van der Waals surface area contributed by atoms with E-state index in [1.54, 1.807) is 0 Å². The fourth-order valence-corrected chi connectivity index (χ4v) is 7.22. The Hall–Kier alpha value is -0.120. The Morgan fingerprint density at radius 1 is 0.773 bits per heavy atom. The number of aliphatic hydroxyl groups is 3. The Morgan fingerprint density at radius 2 is 1.50 bits per heavy atom. The first-order valence-electron chi connectivity index (χ1n) is 9.40. The third kappa shape index (κ3) is 1.91. The van der Waals surface area contributed by atoms with E-state index in [4.69, 9.17) is 0 Å². The summed E-state index contributed by atoms with van der Waals surface area (Å²) in [6.07, 6.45) is 7.49. The molecule has 0 radical (unpaired) electrons. The maximum absolute atomic E-state index is 10.5. The normalized spacial score (nSPS) is 61.2. The lowest BCUT2D eigenvalue weighted by Crippen LogP contribution is -2.54. The molecule has 3 N–H and O–H groups in total. The van der Waals surface area contributed by atoms with E-state index in [0.717, 1.165) is 38.0 Å². The van der Waals surface area contributed by atoms with E-state index in [-0.39, 0.29) is 11.5 Å². The van der Waals surface area contributed by atoms with Crippen LogP contribution in [0.1, 0.15) is 65.2 Å². The number of rotatable bonds is 0. The molecule has 0 unspecified atom stereocenters. The Labute approximate surface area is 134 Å². The van der Waals surface area contributed by atoms with E-state index in [9.17, 15) is 15.3 Å². The molecular formula is C19H32O3. The van der Waals surface area contributed by atoms with Crippen LogP contribution in [0.25, 0.3) is 0 Å². The third-order valence-corrected chi connectivity index (χ3v) is 8.61. The third-order valence-electron chi connectivity index (χ3n) is 8.61. The predicted octanol–water partition coefficient (Wildman–Crippen LogP) is 2.72. The summed E-state index contributed by atoms with van der Waals surface area (Å²) in [5, 5.41) is 30.8. The maximum Gasteiger partial charge on any atom is 0.0855 e. The lowest BCUT2D eigenvalue weighted by molar-refractivity contribution is -0.135. The van der Waals surface area contributed by atoms with E-state index in [1.165, 1.54) is 19.3 Å². The summed E-state index contributed by atoms with van der Waals surface area (Å²) < 4.78 is 0. The molecule has 3 heteroatoms. The molecule has 0 aromatic carbocycles. The zero-order valence-corrected chi connectivity index (χ0v) is 14.0. The Balaban J connectivity index is 1.63.